The molecule has 0 aromatic heterocycles. The van der Waals surface area contributed by atoms with Crippen molar-refractivity contribution in [2.45, 2.75) is 44.2 Å². The number of hydrogen-bond acceptors (Lipinski definition) is 4. The topological polar surface area (TPSA) is 81.8 Å². The van der Waals surface area contributed by atoms with Crippen molar-refractivity contribution in [1.29, 1.82) is 0 Å². The van der Waals surface area contributed by atoms with Crippen molar-refractivity contribution in [3.63, 3.8) is 0 Å². The predicted octanol–water partition coefficient (Wildman–Crippen LogP) is 0.764. The van der Waals surface area contributed by atoms with E-state index in [1.54, 1.807) is 6.92 Å². The summed E-state index contributed by atoms with van der Waals surface area (Å²) in [6.07, 6.45) is 2.67. The minimum Gasteiger partial charge on any atom is -0.480 e. The van der Waals surface area contributed by atoms with E-state index in [2.05, 4.69) is 0 Å². The fourth-order valence-electron chi connectivity index (χ4n) is 1.72. The second-order valence-electron chi connectivity index (χ2n) is 4.27. The van der Waals surface area contributed by atoms with Crippen LogP contribution in [-0.4, -0.2) is 42.5 Å². The summed E-state index contributed by atoms with van der Waals surface area (Å²) in [6, 6.07) is 0. The van der Waals surface area contributed by atoms with E-state index in [9.17, 15) is 4.79 Å². The first-order valence-corrected chi connectivity index (χ1v) is 5.80. The third-order valence-electron chi connectivity index (χ3n) is 3.07. The molecule has 1 saturated heterocycles. The molecule has 0 amide bonds. The van der Waals surface area contributed by atoms with E-state index in [0.29, 0.717) is 32.5 Å². The molecule has 3 N–H and O–H groups in total. The highest BCUT2D eigenvalue weighted by Gasteiger charge is 2.31. The van der Waals surface area contributed by atoms with E-state index in [4.69, 9.17) is 20.3 Å². The Morgan fingerprint density at radius 1 is 1.69 bits per heavy atom. The molecule has 2 atom stereocenters. The molecule has 5 heteroatoms. The Morgan fingerprint density at radius 2 is 2.44 bits per heavy atom. The van der Waals surface area contributed by atoms with E-state index in [-0.39, 0.29) is 6.10 Å². The van der Waals surface area contributed by atoms with Crippen LogP contribution in [0.5, 0.6) is 0 Å². The Kier molecular flexibility index (Phi) is 5.18. The lowest BCUT2D eigenvalue weighted by atomic mass is 9.92. The average Bonchev–Trinajstić information content (AvgIpc) is 2.76. The summed E-state index contributed by atoms with van der Waals surface area (Å²) in [6.45, 7) is 3.76. The van der Waals surface area contributed by atoms with Crippen LogP contribution in [0.4, 0.5) is 0 Å². The largest absolute Gasteiger partial charge is 0.480 e. The summed E-state index contributed by atoms with van der Waals surface area (Å²) in [4.78, 5) is 10.9. The maximum absolute atomic E-state index is 10.9. The molecule has 2 unspecified atom stereocenters. The number of hydrogen-bond donors (Lipinski definition) is 2. The Labute approximate surface area is 95.9 Å². The summed E-state index contributed by atoms with van der Waals surface area (Å²) in [7, 11) is 0. The standard InChI is InChI=1S/C11H21NO4/c1-2-11(12,10(13)14)5-3-6-16-9-4-7-15-8-9/h9H,2-8,12H2,1H3,(H,13,14). The molecule has 1 rings (SSSR count). The van der Waals surface area contributed by atoms with Crippen molar-refractivity contribution < 1.29 is 19.4 Å². The SMILES string of the molecule is CCC(N)(CCCOC1CCOC1)C(=O)O. The first-order valence-electron chi connectivity index (χ1n) is 5.80. The van der Waals surface area contributed by atoms with Gasteiger partial charge in [0.05, 0.1) is 12.7 Å². The molecule has 0 bridgehead atoms. The van der Waals surface area contributed by atoms with Crippen LogP contribution in [0.3, 0.4) is 0 Å². The van der Waals surface area contributed by atoms with Crippen molar-refractivity contribution in [3.05, 3.63) is 0 Å². The normalized spacial score (nSPS) is 24.2. The van der Waals surface area contributed by atoms with Gasteiger partial charge in [0.1, 0.15) is 5.54 Å². The summed E-state index contributed by atoms with van der Waals surface area (Å²) in [5, 5.41) is 8.96. The molecule has 1 aliphatic rings. The lowest BCUT2D eigenvalue weighted by molar-refractivity contribution is -0.143. The zero-order valence-corrected chi connectivity index (χ0v) is 9.78. The molecule has 0 saturated carbocycles. The van der Waals surface area contributed by atoms with E-state index in [1.807, 2.05) is 0 Å². The Bertz CT molecular complexity index is 228. The van der Waals surface area contributed by atoms with Gasteiger partial charge < -0.3 is 20.3 Å². The summed E-state index contributed by atoms with van der Waals surface area (Å²) >= 11 is 0. The van der Waals surface area contributed by atoms with Gasteiger partial charge in [-0.25, -0.2) is 0 Å². The van der Waals surface area contributed by atoms with Crippen molar-refractivity contribution in [2.75, 3.05) is 19.8 Å². The molecular formula is C11H21NO4. The first-order chi connectivity index (χ1) is 7.58. The molecule has 0 aromatic rings. The highest BCUT2D eigenvalue weighted by Crippen LogP contribution is 2.15. The van der Waals surface area contributed by atoms with Gasteiger partial charge in [0.2, 0.25) is 0 Å². The number of carbonyl (C=O) groups is 1. The Hall–Kier alpha value is -0.650. The minimum atomic E-state index is -1.10. The van der Waals surface area contributed by atoms with E-state index >= 15 is 0 Å². The molecule has 0 aromatic carbocycles. The van der Waals surface area contributed by atoms with Crippen molar-refractivity contribution >= 4 is 5.97 Å². The average molecular weight is 231 g/mol. The van der Waals surface area contributed by atoms with Crippen molar-refractivity contribution in [1.82, 2.24) is 0 Å². The predicted molar refractivity (Wildman–Crippen MR) is 59.3 cm³/mol. The number of nitrogens with two attached hydrogens (primary N) is 1. The van der Waals surface area contributed by atoms with Crippen LogP contribution in [0.15, 0.2) is 0 Å². The molecule has 94 valence electrons. The molecule has 0 spiro atoms. The van der Waals surface area contributed by atoms with Gasteiger partial charge >= 0.3 is 5.97 Å². The lowest BCUT2D eigenvalue weighted by Crippen LogP contribution is -2.47. The summed E-state index contributed by atoms with van der Waals surface area (Å²) in [5.74, 6) is -0.931. The number of carboxylic acids is 1. The van der Waals surface area contributed by atoms with Crippen LogP contribution in [0.2, 0.25) is 0 Å². The molecule has 1 fully saturated rings. The van der Waals surface area contributed by atoms with E-state index in [1.165, 1.54) is 0 Å². The van der Waals surface area contributed by atoms with Crippen molar-refractivity contribution in [2.24, 2.45) is 5.73 Å². The minimum absolute atomic E-state index is 0.179. The maximum Gasteiger partial charge on any atom is 0.323 e. The van der Waals surface area contributed by atoms with Gasteiger partial charge in [0.25, 0.3) is 0 Å². The molecule has 0 radical (unpaired) electrons. The fraction of sp³-hybridized carbons (Fsp3) is 0.909. The first kappa shape index (κ1) is 13.4. The van der Waals surface area contributed by atoms with Crippen LogP contribution in [0, 0.1) is 0 Å². The van der Waals surface area contributed by atoms with Gasteiger partial charge in [-0.15, -0.1) is 0 Å². The third kappa shape index (κ3) is 3.73. The second-order valence-corrected chi connectivity index (χ2v) is 4.27. The number of ether oxygens (including phenoxy) is 2. The van der Waals surface area contributed by atoms with Gasteiger partial charge in [-0.05, 0) is 25.7 Å². The van der Waals surface area contributed by atoms with Gasteiger partial charge in [0, 0.05) is 13.2 Å². The van der Waals surface area contributed by atoms with Crippen LogP contribution in [-0.2, 0) is 14.3 Å². The monoisotopic (exact) mass is 231 g/mol. The Morgan fingerprint density at radius 3 is 2.94 bits per heavy atom. The fourth-order valence-corrected chi connectivity index (χ4v) is 1.72. The van der Waals surface area contributed by atoms with Crippen molar-refractivity contribution in [3.8, 4) is 0 Å². The zero-order valence-electron chi connectivity index (χ0n) is 9.78. The highest BCUT2D eigenvalue weighted by atomic mass is 16.5. The summed E-state index contributed by atoms with van der Waals surface area (Å²) in [5.41, 5.74) is 4.65. The molecule has 1 heterocycles. The second kappa shape index (κ2) is 6.18. The number of aliphatic carboxylic acids is 1. The molecule has 16 heavy (non-hydrogen) atoms. The zero-order chi connectivity index (χ0) is 12.0. The van der Waals surface area contributed by atoms with Gasteiger partial charge in [-0.3, -0.25) is 4.79 Å². The Balaban J connectivity index is 2.15. The third-order valence-corrected chi connectivity index (χ3v) is 3.07. The number of rotatable bonds is 7. The summed E-state index contributed by atoms with van der Waals surface area (Å²) < 4.78 is 10.7. The molecular weight excluding hydrogens is 210 g/mol. The van der Waals surface area contributed by atoms with Crippen LogP contribution in [0.25, 0.3) is 0 Å². The van der Waals surface area contributed by atoms with E-state index < -0.39 is 11.5 Å². The molecule has 1 aliphatic heterocycles. The lowest BCUT2D eigenvalue weighted by Gasteiger charge is -2.22. The molecule has 0 aliphatic carbocycles. The van der Waals surface area contributed by atoms with E-state index in [0.717, 1.165) is 13.0 Å². The van der Waals surface area contributed by atoms with Crippen LogP contribution < -0.4 is 5.73 Å². The number of carboxylic acid groups (broad SMARTS) is 1. The maximum atomic E-state index is 10.9. The quantitative estimate of drug-likeness (QED) is 0.632. The highest BCUT2D eigenvalue weighted by molar-refractivity contribution is 5.78. The smallest absolute Gasteiger partial charge is 0.323 e. The van der Waals surface area contributed by atoms with Gasteiger partial charge in [-0.2, -0.15) is 0 Å². The van der Waals surface area contributed by atoms with Gasteiger partial charge in [-0.1, -0.05) is 6.92 Å². The molecule has 5 nitrogen and oxygen atoms in total. The van der Waals surface area contributed by atoms with Crippen LogP contribution in [0.1, 0.15) is 32.6 Å². The van der Waals surface area contributed by atoms with Crippen LogP contribution >= 0.6 is 0 Å². The van der Waals surface area contributed by atoms with Gasteiger partial charge in [0.15, 0.2) is 0 Å².